The lowest BCUT2D eigenvalue weighted by molar-refractivity contribution is 0.0938. The first-order valence-electron chi connectivity index (χ1n) is 5.63. The van der Waals surface area contributed by atoms with Crippen LogP contribution in [0.2, 0.25) is 0 Å². The van der Waals surface area contributed by atoms with Crippen molar-refractivity contribution in [3.8, 4) is 0 Å². The molecule has 1 amide bonds. The fraction of sp³-hybridized carbons (Fsp3) is 0.462. The van der Waals surface area contributed by atoms with Gasteiger partial charge in [-0.2, -0.15) is 0 Å². The Hall–Kier alpha value is -0.830. The van der Waals surface area contributed by atoms with E-state index in [1.165, 1.54) is 0 Å². The highest BCUT2D eigenvalue weighted by Gasteiger charge is 2.11. The molecule has 3 heteroatoms. The van der Waals surface area contributed by atoms with Crippen LogP contribution in [0.3, 0.4) is 0 Å². The maximum Gasteiger partial charge on any atom is 0.251 e. The number of carbonyl (C=O) groups excluding carboxylic acids is 1. The molecule has 0 aromatic heterocycles. The first-order chi connectivity index (χ1) is 7.69. The van der Waals surface area contributed by atoms with E-state index in [-0.39, 0.29) is 11.9 Å². The van der Waals surface area contributed by atoms with Gasteiger partial charge >= 0.3 is 0 Å². The Kier molecular flexibility index (Phi) is 5.53. The number of rotatable bonds is 5. The second kappa shape index (κ2) is 6.69. The minimum absolute atomic E-state index is 0.0332. The van der Waals surface area contributed by atoms with Crippen molar-refractivity contribution >= 4 is 21.8 Å². The van der Waals surface area contributed by atoms with Gasteiger partial charge in [0, 0.05) is 16.9 Å². The van der Waals surface area contributed by atoms with E-state index in [0.29, 0.717) is 0 Å². The van der Waals surface area contributed by atoms with Crippen molar-refractivity contribution in [2.24, 2.45) is 0 Å². The molecular weight excluding hydrogens is 266 g/mol. The molecule has 0 spiro atoms. The van der Waals surface area contributed by atoms with Crippen molar-refractivity contribution in [1.29, 1.82) is 0 Å². The molecule has 1 N–H and O–H groups in total. The summed E-state index contributed by atoms with van der Waals surface area (Å²) in [6.45, 7) is 4.09. The molecule has 1 aromatic carbocycles. The fourth-order valence-electron chi connectivity index (χ4n) is 1.59. The summed E-state index contributed by atoms with van der Waals surface area (Å²) in [5, 5.41) is 3.91. The molecule has 0 fully saturated rings. The zero-order valence-corrected chi connectivity index (χ0v) is 11.4. The zero-order valence-electron chi connectivity index (χ0n) is 9.79. The van der Waals surface area contributed by atoms with Crippen LogP contribution in [0.15, 0.2) is 24.3 Å². The van der Waals surface area contributed by atoms with Crippen molar-refractivity contribution < 1.29 is 4.79 Å². The predicted molar refractivity (Wildman–Crippen MR) is 71.2 cm³/mol. The summed E-state index contributed by atoms with van der Waals surface area (Å²) in [5.41, 5.74) is 1.90. The summed E-state index contributed by atoms with van der Waals surface area (Å²) >= 11 is 3.37. The van der Waals surface area contributed by atoms with E-state index >= 15 is 0 Å². The molecule has 16 heavy (non-hydrogen) atoms. The number of amides is 1. The van der Waals surface area contributed by atoms with E-state index in [2.05, 4.69) is 28.2 Å². The Morgan fingerprint density at radius 3 is 2.75 bits per heavy atom. The number of alkyl halides is 1. The van der Waals surface area contributed by atoms with E-state index < -0.39 is 0 Å². The molecule has 0 aliphatic carbocycles. The van der Waals surface area contributed by atoms with Gasteiger partial charge in [0.25, 0.3) is 5.91 Å². The molecule has 1 atom stereocenters. The third-order valence-corrected chi connectivity index (χ3v) is 3.02. The summed E-state index contributed by atoms with van der Waals surface area (Å²) in [7, 11) is 0. The molecule has 0 aliphatic rings. The lowest BCUT2D eigenvalue weighted by atomic mass is 10.0. The van der Waals surface area contributed by atoms with Crippen molar-refractivity contribution in [1.82, 2.24) is 5.32 Å². The molecule has 1 unspecified atom stereocenters. The summed E-state index contributed by atoms with van der Waals surface area (Å²) in [4.78, 5) is 12.0. The molecule has 0 bridgehead atoms. The molecule has 0 saturated heterocycles. The van der Waals surface area contributed by atoms with Gasteiger partial charge in [0.1, 0.15) is 0 Å². The molecule has 1 aromatic rings. The van der Waals surface area contributed by atoms with Gasteiger partial charge in [-0.15, -0.1) is 0 Å². The summed E-state index contributed by atoms with van der Waals surface area (Å²) < 4.78 is 0. The number of carbonyl (C=O) groups is 1. The fourth-order valence-corrected chi connectivity index (χ4v) is 2.27. The van der Waals surface area contributed by atoms with E-state index in [0.717, 1.165) is 29.3 Å². The lowest BCUT2D eigenvalue weighted by Gasteiger charge is -2.14. The smallest absolute Gasteiger partial charge is 0.251 e. The van der Waals surface area contributed by atoms with Crippen LogP contribution >= 0.6 is 15.9 Å². The van der Waals surface area contributed by atoms with Crippen LogP contribution in [0.4, 0.5) is 0 Å². The molecule has 0 saturated carbocycles. The van der Waals surface area contributed by atoms with E-state index in [9.17, 15) is 4.79 Å². The Balaban J connectivity index is 2.72. The van der Waals surface area contributed by atoms with Gasteiger partial charge in [-0.1, -0.05) is 41.1 Å². The molecule has 0 heterocycles. The number of benzene rings is 1. The number of halogens is 1. The average Bonchev–Trinajstić information content (AvgIpc) is 2.29. The average molecular weight is 284 g/mol. The maximum absolute atomic E-state index is 12.0. The second-order valence-electron chi connectivity index (χ2n) is 3.86. The van der Waals surface area contributed by atoms with Crippen molar-refractivity contribution in [3.05, 3.63) is 35.4 Å². The first-order valence-corrected chi connectivity index (χ1v) is 6.76. The van der Waals surface area contributed by atoms with E-state index in [4.69, 9.17) is 0 Å². The van der Waals surface area contributed by atoms with Crippen molar-refractivity contribution in [3.63, 3.8) is 0 Å². The highest BCUT2D eigenvalue weighted by molar-refractivity contribution is 9.09. The predicted octanol–water partition coefficient (Wildman–Crippen LogP) is 3.15. The number of hydrogen-bond acceptors (Lipinski definition) is 1. The first kappa shape index (κ1) is 13.2. The topological polar surface area (TPSA) is 29.1 Å². The van der Waals surface area contributed by atoms with Crippen molar-refractivity contribution in [2.75, 3.05) is 5.33 Å². The Labute approximate surface area is 106 Å². The van der Waals surface area contributed by atoms with Crippen LogP contribution in [0.1, 0.15) is 36.2 Å². The maximum atomic E-state index is 12.0. The molecular formula is C13H18BrNO. The summed E-state index contributed by atoms with van der Waals surface area (Å²) in [6, 6.07) is 7.97. The quantitative estimate of drug-likeness (QED) is 0.827. The van der Waals surface area contributed by atoms with Crippen LogP contribution in [-0.2, 0) is 6.42 Å². The highest BCUT2D eigenvalue weighted by atomic mass is 79.9. The van der Waals surface area contributed by atoms with Crippen LogP contribution in [0.25, 0.3) is 0 Å². The number of aryl methyl sites for hydroxylation is 1. The molecule has 0 radical (unpaired) electrons. The van der Waals surface area contributed by atoms with Gasteiger partial charge in [0.2, 0.25) is 0 Å². The Bertz CT molecular complexity index is 352. The largest absolute Gasteiger partial charge is 0.350 e. The van der Waals surface area contributed by atoms with Gasteiger partial charge < -0.3 is 5.32 Å². The van der Waals surface area contributed by atoms with Crippen LogP contribution < -0.4 is 5.32 Å². The highest BCUT2D eigenvalue weighted by Crippen LogP contribution is 2.09. The molecule has 1 rings (SSSR count). The van der Waals surface area contributed by atoms with Gasteiger partial charge in [-0.3, -0.25) is 4.79 Å². The third-order valence-electron chi connectivity index (χ3n) is 2.56. The third kappa shape index (κ3) is 3.63. The van der Waals surface area contributed by atoms with Gasteiger partial charge in [-0.05, 0) is 31.4 Å². The van der Waals surface area contributed by atoms with Gasteiger partial charge in [0.05, 0.1) is 0 Å². The summed E-state index contributed by atoms with van der Waals surface area (Å²) in [5.74, 6) is 0.0332. The summed E-state index contributed by atoms with van der Waals surface area (Å²) in [6.07, 6.45) is 1.83. The lowest BCUT2D eigenvalue weighted by Crippen LogP contribution is -2.33. The minimum Gasteiger partial charge on any atom is -0.350 e. The SMILES string of the molecule is CCc1ccccc1C(=O)NC(C)CCBr. The van der Waals surface area contributed by atoms with Crippen LogP contribution in [0, 0.1) is 0 Å². The second-order valence-corrected chi connectivity index (χ2v) is 4.66. The zero-order chi connectivity index (χ0) is 12.0. The minimum atomic E-state index is 0.0332. The van der Waals surface area contributed by atoms with Crippen LogP contribution in [0.5, 0.6) is 0 Å². The monoisotopic (exact) mass is 283 g/mol. The standard InChI is InChI=1S/C13H18BrNO/c1-3-11-6-4-5-7-12(11)13(16)15-10(2)8-9-14/h4-7,10H,3,8-9H2,1-2H3,(H,15,16). The molecule has 2 nitrogen and oxygen atoms in total. The van der Waals surface area contributed by atoms with Gasteiger partial charge in [0.15, 0.2) is 0 Å². The van der Waals surface area contributed by atoms with Crippen LogP contribution in [-0.4, -0.2) is 17.3 Å². The molecule has 88 valence electrons. The Morgan fingerprint density at radius 2 is 2.12 bits per heavy atom. The Morgan fingerprint density at radius 1 is 1.44 bits per heavy atom. The number of nitrogens with one attached hydrogen (secondary N) is 1. The van der Waals surface area contributed by atoms with Crippen molar-refractivity contribution in [2.45, 2.75) is 32.7 Å². The van der Waals surface area contributed by atoms with Gasteiger partial charge in [-0.25, -0.2) is 0 Å². The van der Waals surface area contributed by atoms with E-state index in [1.54, 1.807) is 0 Å². The normalized spacial score (nSPS) is 12.2. The van der Waals surface area contributed by atoms with E-state index in [1.807, 2.05) is 31.2 Å². The number of hydrogen-bond donors (Lipinski definition) is 1. The molecule has 0 aliphatic heterocycles.